The number of furan rings is 1. The van der Waals surface area contributed by atoms with E-state index in [1.54, 1.807) is 39.0 Å². The van der Waals surface area contributed by atoms with Gasteiger partial charge in [0, 0.05) is 29.6 Å². The first-order valence-electron chi connectivity index (χ1n) is 9.59. The van der Waals surface area contributed by atoms with Crippen LogP contribution in [0.4, 0.5) is 0 Å². The molecule has 3 rings (SSSR count). The highest BCUT2D eigenvalue weighted by molar-refractivity contribution is 7.89. The average Bonchev–Trinajstić information content (AvgIpc) is 3.10. The van der Waals surface area contributed by atoms with Gasteiger partial charge in [0.05, 0.1) is 9.92 Å². The lowest BCUT2D eigenvalue weighted by atomic mass is 10.1. The van der Waals surface area contributed by atoms with Crippen molar-refractivity contribution in [2.75, 3.05) is 13.1 Å². The van der Waals surface area contributed by atoms with Crippen LogP contribution in [-0.2, 0) is 10.0 Å². The number of fused-ring (bicyclic) bond motifs is 1. The van der Waals surface area contributed by atoms with Crippen LogP contribution in [0.1, 0.15) is 40.3 Å². The van der Waals surface area contributed by atoms with Gasteiger partial charge in [0.1, 0.15) is 0 Å². The molecule has 0 unspecified atom stereocenters. The van der Waals surface area contributed by atoms with E-state index >= 15 is 0 Å². The molecule has 1 aromatic heterocycles. The summed E-state index contributed by atoms with van der Waals surface area (Å²) in [4.78, 5) is 25.0. The Hall–Kier alpha value is -2.88. The fourth-order valence-corrected chi connectivity index (χ4v) is 4.90. The third kappa shape index (κ3) is 4.43. The zero-order valence-corrected chi connectivity index (χ0v) is 18.8. The summed E-state index contributed by atoms with van der Waals surface area (Å²) in [5, 5.41) is 1.06. The van der Waals surface area contributed by atoms with Gasteiger partial charge in [0.2, 0.25) is 10.0 Å². The minimum atomic E-state index is -3.72. The van der Waals surface area contributed by atoms with Crippen LogP contribution in [0.2, 0.25) is 5.02 Å². The number of amides is 2. The van der Waals surface area contributed by atoms with Gasteiger partial charge in [-0.1, -0.05) is 43.6 Å². The summed E-state index contributed by atoms with van der Waals surface area (Å²) in [6.45, 7) is 5.81. The Morgan fingerprint density at radius 2 is 1.68 bits per heavy atom. The highest BCUT2D eigenvalue weighted by Crippen LogP contribution is 2.30. The van der Waals surface area contributed by atoms with E-state index in [1.807, 2.05) is 0 Å². The lowest BCUT2D eigenvalue weighted by molar-refractivity contribution is 0.0831. The zero-order chi connectivity index (χ0) is 22.8. The van der Waals surface area contributed by atoms with Crippen LogP contribution in [0.25, 0.3) is 11.0 Å². The minimum absolute atomic E-state index is 0.00190. The molecule has 0 saturated carbocycles. The molecule has 0 spiro atoms. The van der Waals surface area contributed by atoms with Crippen molar-refractivity contribution in [1.29, 1.82) is 0 Å². The number of hydrazine groups is 1. The van der Waals surface area contributed by atoms with Crippen LogP contribution in [0.3, 0.4) is 0 Å². The van der Waals surface area contributed by atoms with Crippen LogP contribution in [0.15, 0.2) is 51.8 Å². The molecular formula is C21H22ClN3O5S. The van der Waals surface area contributed by atoms with Gasteiger partial charge in [-0.3, -0.25) is 20.4 Å². The molecule has 2 amide bonds. The zero-order valence-electron chi connectivity index (χ0n) is 17.2. The van der Waals surface area contributed by atoms with Gasteiger partial charge in [-0.15, -0.1) is 0 Å². The molecule has 2 aromatic carbocycles. The van der Waals surface area contributed by atoms with Gasteiger partial charge in [0.15, 0.2) is 11.3 Å². The van der Waals surface area contributed by atoms with E-state index in [9.17, 15) is 18.0 Å². The molecule has 0 bridgehead atoms. The van der Waals surface area contributed by atoms with Gasteiger partial charge in [0.25, 0.3) is 5.91 Å². The smallest absolute Gasteiger partial charge is 0.305 e. The van der Waals surface area contributed by atoms with Crippen LogP contribution in [0, 0.1) is 6.92 Å². The van der Waals surface area contributed by atoms with Gasteiger partial charge >= 0.3 is 5.91 Å². The number of sulfonamides is 1. The molecule has 0 atom stereocenters. The second-order valence-electron chi connectivity index (χ2n) is 6.70. The molecule has 3 aromatic rings. The fourth-order valence-electron chi connectivity index (χ4n) is 3.18. The summed E-state index contributed by atoms with van der Waals surface area (Å²) < 4.78 is 32.2. The molecule has 0 radical (unpaired) electrons. The Labute approximate surface area is 185 Å². The number of benzene rings is 2. The monoisotopic (exact) mass is 463 g/mol. The third-order valence-electron chi connectivity index (χ3n) is 4.85. The van der Waals surface area contributed by atoms with E-state index in [0.717, 1.165) is 0 Å². The van der Waals surface area contributed by atoms with Gasteiger partial charge in [-0.2, -0.15) is 4.31 Å². The molecular weight excluding hydrogens is 442 g/mol. The van der Waals surface area contributed by atoms with E-state index in [2.05, 4.69) is 10.9 Å². The second-order valence-corrected chi connectivity index (χ2v) is 9.04. The fraction of sp³-hybridized carbons (Fsp3) is 0.238. The van der Waals surface area contributed by atoms with Crippen molar-refractivity contribution in [2.24, 2.45) is 0 Å². The van der Waals surface area contributed by atoms with Crippen molar-refractivity contribution < 1.29 is 22.4 Å². The molecule has 8 nitrogen and oxygen atoms in total. The molecule has 1 heterocycles. The number of hydrogen-bond donors (Lipinski definition) is 2. The Bertz CT molecular complexity index is 1250. The van der Waals surface area contributed by atoms with Crippen LogP contribution in [0.5, 0.6) is 0 Å². The molecule has 0 aliphatic carbocycles. The Morgan fingerprint density at radius 3 is 2.32 bits per heavy atom. The number of hydrogen-bond acceptors (Lipinski definition) is 5. The number of aryl methyl sites for hydroxylation is 1. The predicted molar refractivity (Wildman–Crippen MR) is 117 cm³/mol. The van der Waals surface area contributed by atoms with Crippen molar-refractivity contribution in [2.45, 2.75) is 25.7 Å². The van der Waals surface area contributed by atoms with Crippen molar-refractivity contribution in [3.05, 3.63) is 64.4 Å². The number of para-hydroxylation sites is 1. The number of halogens is 1. The van der Waals surface area contributed by atoms with E-state index in [-0.39, 0.29) is 16.2 Å². The van der Waals surface area contributed by atoms with E-state index in [1.165, 1.54) is 28.6 Å². The molecule has 0 saturated heterocycles. The topological polar surface area (TPSA) is 109 Å². The predicted octanol–water partition coefficient (Wildman–Crippen LogP) is 3.50. The van der Waals surface area contributed by atoms with E-state index in [0.29, 0.717) is 34.6 Å². The Balaban J connectivity index is 1.77. The first kappa shape index (κ1) is 22.8. The van der Waals surface area contributed by atoms with Crippen molar-refractivity contribution in [3.8, 4) is 0 Å². The number of nitrogens with zero attached hydrogens (tertiary/aromatic N) is 1. The third-order valence-corrected chi connectivity index (χ3v) is 7.19. The SMILES string of the molecule is CCN(CC)S(=O)(=O)c1cccc(C(=O)NNC(=O)c2oc3c(Cl)cccc3c2C)c1. The van der Waals surface area contributed by atoms with Crippen molar-refractivity contribution in [1.82, 2.24) is 15.2 Å². The van der Waals surface area contributed by atoms with Crippen molar-refractivity contribution in [3.63, 3.8) is 0 Å². The van der Waals surface area contributed by atoms with Gasteiger partial charge in [-0.25, -0.2) is 8.42 Å². The van der Waals surface area contributed by atoms with Crippen LogP contribution < -0.4 is 10.9 Å². The largest absolute Gasteiger partial charge is 0.449 e. The summed E-state index contributed by atoms with van der Waals surface area (Å²) >= 11 is 6.10. The standard InChI is InChI=1S/C21H22ClN3O5S/c1-4-25(5-2)31(28,29)15-9-6-8-14(12-15)20(26)23-24-21(27)18-13(3)16-10-7-11-17(22)19(16)30-18/h6-12H,4-5H2,1-3H3,(H,23,26)(H,24,27). The summed E-state index contributed by atoms with van der Waals surface area (Å²) in [5.74, 6) is -1.32. The normalized spacial score (nSPS) is 11.6. The second kappa shape index (κ2) is 9.09. The average molecular weight is 464 g/mol. The summed E-state index contributed by atoms with van der Waals surface area (Å²) in [5.41, 5.74) is 5.61. The molecule has 0 fully saturated rings. The lowest BCUT2D eigenvalue weighted by Crippen LogP contribution is -2.41. The molecule has 10 heteroatoms. The highest BCUT2D eigenvalue weighted by Gasteiger charge is 2.23. The summed E-state index contributed by atoms with van der Waals surface area (Å²) in [6.07, 6.45) is 0. The van der Waals surface area contributed by atoms with Gasteiger partial charge < -0.3 is 4.42 Å². The molecule has 164 valence electrons. The summed E-state index contributed by atoms with van der Waals surface area (Å²) in [7, 11) is -3.72. The quantitative estimate of drug-likeness (QED) is 0.544. The number of nitrogens with one attached hydrogen (secondary N) is 2. The molecule has 0 aliphatic rings. The maximum absolute atomic E-state index is 12.7. The number of carbonyl (C=O) groups excluding carboxylic acids is 2. The van der Waals surface area contributed by atoms with E-state index in [4.69, 9.17) is 16.0 Å². The lowest BCUT2D eigenvalue weighted by Gasteiger charge is -2.18. The molecule has 0 aliphatic heterocycles. The van der Waals surface area contributed by atoms with Crippen molar-refractivity contribution >= 4 is 44.4 Å². The first-order valence-corrected chi connectivity index (χ1v) is 11.4. The molecule has 2 N–H and O–H groups in total. The minimum Gasteiger partial charge on any atom is -0.449 e. The Morgan fingerprint density at radius 1 is 1.03 bits per heavy atom. The maximum Gasteiger partial charge on any atom is 0.305 e. The first-order chi connectivity index (χ1) is 14.7. The number of carbonyl (C=O) groups is 2. The Kier molecular flexibility index (Phi) is 6.68. The molecule has 31 heavy (non-hydrogen) atoms. The van der Waals surface area contributed by atoms with Crippen LogP contribution in [-0.4, -0.2) is 37.6 Å². The number of rotatable bonds is 6. The van der Waals surface area contributed by atoms with Gasteiger partial charge in [-0.05, 0) is 31.2 Å². The maximum atomic E-state index is 12.7. The van der Waals surface area contributed by atoms with E-state index < -0.39 is 21.8 Å². The summed E-state index contributed by atoms with van der Waals surface area (Å²) in [6, 6.07) is 10.8. The highest BCUT2D eigenvalue weighted by atomic mass is 35.5. The van der Waals surface area contributed by atoms with Crippen LogP contribution >= 0.6 is 11.6 Å².